The fraction of sp³-hybridized carbons (Fsp3) is 0.464. The molecule has 0 radical (unpaired) electrons. The molecule has 1 aliphatic heterocycles. The molecule has 39 heavy (non-hydrogen) atoms. The summed E-state index contributed by atoms with van der Waals surface area (Å²) in [4.78, 5) is 21.3. The average Bonchev–Trinajstić information content (AvgIpc) is 3.42. The number of nitrogens with one attached hydrogen (secondary N) is 2. The van der Waals surface area contributed by atoms with E-state index in [-0.39, 0.29) is 23.9 Å². The first-order valence-corrected chi connectivity index (χ1v) is 13.0. The predicted molar refractivity (Wildman–Crippen MR) is 138 cm³/mol. The molecule has 1 amide bonds. The maximum atomic E-state index is 15.0. The third-order valence-electron chi connectivity index (χ3n) is 7.80. The molecule has 0 spiro atoms. The van der Waals surface area contributed by atoms with E-state index >= 15 is 0 Å². The summed E-state index contributed by atoms with van der Waals surface area (Å²) in [5.74, 6) is -3.60. The summed E-state index contributed by atoms with van der Waals surface area (Å²) >= 11 is 0. The zero-order valence-corrected chi connectivity index (χ0v) is 21.8. The molecule has 0 saturated heterocycles. The predicted octanol–water partition coefficient (Wildman–Crippen LogP) is 3.83. The van der Waals surface area contributed by atoms with Crippen LogP contribution in [0.4, 0.5) is 19.0 Å². The van der Waals surface area contributed by atoms with Crippen molar-refractivity contribution >= 4 is 22.6 Å². The van der Waals surface area contributed by atoms with Crippen molar-refractivity contribution < 1.29 is 32.9 Å². The molecule has 8 nitrogen and oxygen atoms in total. The Hall–Kier alpha value is -3.44. The molecule has 208 valence electrons. The number of halogens is 3. The van der Waals surface area contributed by atoms with Crippen LogP contribution in [-0.2, 0) is 29.3 Å². The molecule has 2 aliphatic rings. The molecule has 4 N–H and O–H groups in total. The van der Waals surface area contributed by atoms with Crippen molar-refractivity contribution in [3.8, 4) is 5.75 Å². The van der Waals surface area contributed by atoms with Crippen LogP contribution >= 0.6 is 0 Å². The maximum absolute atomic E-state index is 15.0. The van der Waals surface area contributed by atoms with Gasteiger partial charge in [-0.1, -0.05) is 12.1 Å². The standard InChI is InChI=1S/C28H31F3N4O4/c1-15-34-23-18-8-11-39-24(18)21(27(38)9-6-16(7-10-27)26(37)32-2)12-19(23)25(35-15)33-13-17-4-3-5-20(22(17)29)28(30,31)14-36/h3-5,12,16,36,38H,6-11,13-14H2,1-2H3,(H,32,37)(H,33,34,35). The van der Waals surface area contributed by atoms with Gasteiger partial charge in [-0.2, -0.15) is 8.78 Å². The number of ether oxygens (including phenoxy) is 1. The summed E-state index contributed by atoms with van der Waals surface area (Å²) in [5.41, 5.74) is -0.0190. The van der Waals surface area contributed by atoms with Gasteiger partial charge in [-0.05, 0) is 44.7 Å². The smallest absolute Gasteiger partial charge is 0.298 e. The largest absolute Gasteiger partial charge is 0.492 e. The van der Waals surface area contributed by atoms with Gasteiger partial charge in [-0.25, -0.2) is 14.4 Å². The number of hydrogen-bond donors (Lipinski definition) is 4. The Morgan fingerprint density at radius 1 is 1.26 bits per heavy atom. The molecule has 0 unspecified atom stereocenters. The van der Waals surface area contributed by atoms with E-state index in [1.165, 1.54) is 12.1 Å². The number of hydrogen-bond acceptors (Lipinski definition) is 7. The molecule has 0 bridgehead atoms. The minimum absolute atomic E-state index is 0.0130. The van der Waals surface area contributed by atoms with Gasteiger partial charge in [0.2, 0.25) is 5.91 Å². The van der Waals surface area contributed by atoms with E-state index in [4.69, 9.17) is 9.84 Å². The highest BCUT2D eigenvalue weighted by Gasteiger charge is 2.41. The third-order valence-corrected chi connectivity index (χ3v) is 7.80. The van der Waals surface area contributed by atoms with Gasteiger partial charge < -0.3 is 25.6 Å². The molecule has 1 aromatic heterocycles. The summed E-state index contributed by atoms with van der Waals surface area (Å²) in [6.45, 7) is 0.506. The Bertz CT molecular complexity index is 1420. The molecule has 0 atom stereocenters. The quantitative estimate of drug-likeness (QED) is 0.357. The number of carbonyl (C=O) groups excluding carboxylic acids is 1. The number of anilines is 1. The molecule has 11 heteroatoms. The minimum Gasteiger partial charge on any atom is -0.492 e. The summed E-state index contributed by atoms with van der Waals surface area (Å²) < 4.78 is 49.0. The van der Waals surface area contributed by atoms with Crippen molar-refractivity contribution in [2.24, 2.45) is 5.92 Å². The van der Waals surface area contributed by atoms with Crippen LogP contribution in [0.3, 0.4) is 0 Å². The van der Waals surface area contributed by atoms with Crippen LogP contribution in [0.5, 0.6) is 5.75 Å². The van der Waals surface area contributed by atoms with E-state index in [1.807, 2.05) is 0 Å². The monoisotopic (exact) mass is 544 g/mol. The van der Waals surface area contributed by atoms with Crippen molar-refractivity contribution in [1.82, 2.24) is 15.3 Å². The van der Waals surface area contributed by atoms with Gasteiger partial charge in [0.1, 0.15) is 29.8 Å². The molecular weight excluding hydrogens is 513 g/mol. The highest BCUT2D eigenvalue weighted by molar-refractivity contribution is 5.94. The topological polar surface area (TPSA) is 117 Å². The lowest BCUT2D eigenvalue weighted by Crippen LogP contribution is -2.37. The Kier molecular flexibility index (Phi) is 7.15. The maximum Gasteiger partial charge on any atom is 0.298 e. The van der Waals surface area contributed by atoms with Crippen LogP contribution in [0.2, 0.25) is 0 Å². The first-order valence-electron chi connectivity index (χ1n) is 13.0. The summed E-state index contributed by atoms with van der Waals surface area (Å²) in [6.07, 6.45) is 2.37. The lowest BCUT2D eigenvalue weighted by molar-refractivity contribution is -0.127. The lowest BCUT2D eigenvalue weighted by atomic mass is 9.74. The van der Waals surface area contributed by atoms with Crippen molar-refractivity contribution in [3.05, 3.63) is 58.2 Å². The van der Waals surface area contributed by atoms with Crippen molar-refractivity contribution in [1.29, 1.82) is 0 Å². The first-order chi connectivity index (χ1) is 18.6. The van der Waals surface area contributed by atoms with Gasteiger partial charge in [0.25, 0.3) is 5.92 Å². The van der Waals surface area contributed by atoms with E-state index < -0.39 is 29.5 Å². The molecule has 5 rings (SSSR count). The third kappa shape index (κ3) is 4.89. The number of benzene rings is 2. The number of aromatic nitrogens is 2. The van der Waals surface area contributed by atoms with Crippen LogP contribution < -0.4 is 15.4 Å². The van der Waals surface area contributed by atoms with Gasteiger partial charge in [0.15, 0.2) is 0 Å². The first kappa shape index (κ1) is 27.1. The Morgan fingerprint density at radius 3 is 2.69 bits per heavy atom. The van der Waals surface area contributed by atoms with E-state index in [1.54, 1.807) is 20.0 Å². The Balaban J connectivity index is 1.52. The minimum atomic E-state index is -3.71. The van der Waals surface area contributed by atoms with Crippen molar-refractivity contribution in [2.45, 2.75) is 57.1 Å². The summed E-state index contributed by atoms with van der Waals surface area (Å²) in [5, 5.41) is 27.1. The highest BCUT2D eigenvalue weighted by atomic mass is 19.3. The number of aliphatic hydroxyl groups is 2. The Morgan fingerprint density at radius 2 is 2.00 bits per heavy atom. The van der Waals surface area contributed by atoms with Crippen LogP contribution in [0, 0.1) is 18.7 Å². The number of rotatable bonds is 7. The van der Waals surface area contributed by atoms with Crippen molar-refractivity contribution in [2.75, 3.05) is 25.6 Å². The van der Waals surface area contributed by atoms with Gasteiger partial charge >= 0.3 is 0 Å². The van der Waals surface area contributed by atoms with E-state index in [9.17, 15) is 23.1 Å². The van der Waals surface area contributed by atoms with Crippen molar-refractivity contribution in [3.63, 3.8) is 0 Å². The fourth-order valence-corrected chi connectivity index (χ4v) is 5.65. The number of aryl methyl sites for hydroxylation is 1. The second kappa shape index (κ2) is 10.3. The van der Waals surface area contributed by atoms with Crippen LogP contribution in [-0.4, -0.2) is 46.3 Å². The lowest BCUT2D eigenvalue weighted by Gasteiger charge is -2.36. The zero-order chi connectivity index (χ0) is 27.9. The zero-order valence-electron chi connectivity index (χ0n) is 21.8. The van der Waals surface area contributed by atoms with Crippen LogP contribution in [0.25, 0.3) is 10.9 Å². The summed E-state index contributed by atoms with van der Waals surface area (Å²) in [6, 6.07) is 5.44. The average molecular weight is 545 g/mol. The van der Waals surface area contributed by atoms with Crippen LogP contribution in [0.1, 0.15) is 53.8 Å². The van der Waals surface area contributed by atoms with Gasteiger partial charge in [0, 0.05) is 48.0 Å². The van der Waals surface area contributed by atoms with E-state index in [0.29, 0.717) is 72.6 Å². The molecule has 1 aliphatic carbocycles. The van der Waals surface area contributed by atoms with E-state index in [0.717, 1.165) is 11.6 Å². The molecule has 1 fully saturated rings. The number of aliphatic hydroxyl groups excluding tert-OH is 1. The normalized spacial score (nSPS) is 20.9. The number of alkyl halides is 2. The van der Waals surface area contributed by atoms with Gasteiger partial charge in [0.05, 0.1) is 23.3 Å². The fourth-order valence-electron chi connectivity index (χ4n) is 5.65. The molecule has 3 aromatic rings. The number of carbonyl (C=O) groups is 1. The Labute approximate surface area is 223 Å². The van der Waals surface area contributed by atoms with Gasteiger partial charge in [-0.15, -0.1) is 0 Å². The number of nitrogens with zero attached hydrogens (tertiary/aromatic N) is 2. The number of amides is 1. The summed E-state index contributed by atoms with van der Waals surface area (Å²) in [7, 11) is 1.60. The second-order valence-electron chi connectivity index (χ2n) is 10.3. The highest BCUT2D eigenvalue weighted by Crippen LogP contribution is 2.48. The van der Waals surface area contributed by atoms with Gasteiger partial charge in [-0.3, -0.25) is 4.79 Å². The molecule has 2 aromatic carbocycles. The second-order valence-corrected chi connectivity index (χ2v) is 10.3. The van der Waals surface area contributed by atoms with E-state index in [2.05, 4.69) is 20.6 Å². The SMILES string of the molecule is CNC(=O)C1CCC(O)(c2cc3c(NCc4cccc(C(F)(F)CO)c4F)nc(C)nc3c3c2OCC3)CC1. The molecule has 2 heterocycles. The van der Waals surface area contributed by atoms with Crippen LogP contribution in [0.15, 0.2) is 24.3 Å². The molecular formula is C28H31F3N4O4. The molecule has 1 saturated carbocycles. The number of fused-ring (bicyclic) bond motifs is 3.